The van der Waals surface area contributed by atoms with Crippen molar-refractivity contribution in [2.75, 3.05) is 11.5 Å². The fourth-order valence-corrected chi connectivity index (χ4v) is 3.39. The van der Waals surface area contributed by atoms with E-state index in [1.807, 2.05) is 0 Å². The van der Waals surface area contributed by atoms with Gasteiger partial charge in [0.1, 0.15) is 11.9 Å². The van der Waals surface area contributed by atoms with Gasteiger partial charge in [0, 0.05) is 5.56 Å². The number of halogens is 2. The molecule has 0 bridgehead atoms. The van der Waals surface area contributed by atoms with Crippen molar-refractivity contribution in [3.63, 3.8) is 0 Å². The van der Waals surface area contributed by atoms with Crippen LogP contribution in [0.3, 0.4) is 0 Å². The van der Waals surface area contributed by atoms with Crippen molar-refractivity contribution in [1.82, 2.24) is 0 Å². The van der Waals surface area contributed by atoms with Gasteiger partial charge in [-0.3, -0.25) is 5.41 Å². The van der Waals surface area contributed by atoms with Crippen LogP contribution in [0.4, 0.5) is 4.39 Å². The zero-order valence-electron chi connectivity index (χ0n) is 9.93. The minimum Gasteiger partial charge on any atom is -0.486 e. The first-order valence-electron chi connectivity index (χ1n) is 5.38. The van der Waals surface area contributed by atoms with Crippen LogP contribution in [0.25, 0.3) is 0 Å². The van der Waals surface area contributed by atoms with Crippen LogP contribution in [0.2, 0.25) is 0 Å². The number of ether oxygens (including phenoxy) is 1. The summed E-state index contributed by atoms with van der Waals surface area (Å²) in [7, 11) is -3.05. The second-order valence-electron chi connectivity index (χ2n) is 4.20. The van der Waals surface area contributed by atoms with Gasteiger partial charge in [-0.2, -0.15) is 0 Å². The van der Waals surface area contributed by atoms with E-state index in [9.17, 15) is 12.8 Å². The predicted molar refractivity (Wildman–Crippen MR) is 72.4 cm³/mol. The molecule has 1 aromatic rings. The lowest BCUT2D eigenvalue weighted by Gasteiger charge is -2.13. The SMILES string of the molecule is Cl.N=C(N)c1ccc(OC2CCS(=O)(=O)C2)c(F)c1. The van der Waals surface area contributed by atoms with Crippen molar-refractivity contribution < 1.29 is 17.5 Å². The fraction of sp³-hybridized carbons (Fsp3) is 0.364. The van der Waals surface area contributed by atoms with Crippen LogP contribution in [0, 0.1) is 11.2 Å². The van der Waals surface area contributed by atoms with Crippen LogP contribution < -0.4 is 10.5 Å². The third-order valence-electron chi connectivity index (χ3n) is 2.73. The summed E-state index contributed by atoms with van der Waals surface area (Å²) in [6.07, 6.45) is -0.136. The Bertz CT molecular complexity index is 592. The minimum absolute atomic E-state index is 0. The van der Waals surface area contributed by atoms with E-state index < -0.39 is 21.8 Å². The van der Waals surface area contributed by atoms with Crippen molar-refractivity contribution in [2.45, 2.75) is 12.5 Å². The Labute approximate surface area is 116 Å². The largest absolute Gasteiger partial charge is 0.486 e. The van der Waals surface area contributed by atoms with E-state index in [0.29, 0.717) is 6.42 Å². The normalized spacial score (nSPS) is 20.6. The number of nitrogens with one attached hydrogen (secondary N) is 1. The number of benzene rings is 1. The molecule has 0 radical (unpaired) electrons. The van der Waals surface area contributed by atoms with Gasteiger partial charge in [-0.1, -0.05) is 0 Å². The monoisotopic (exact) mass is 308 g/mol. The van der Waals surface area contributed by atoms with E-state index in [-0.39, 0.29) is 41.1 Å². The molecule has 0 aliphatic carbocycles. The van der Waals surface area contributed by atoms with Gasteiger partial charge in [0.15, 0.2) is 21.4 Å². The molecule has 0 aromatic heterocycles. The highest BCUT2D eigenvalue weighted by Gasteiger charge is 2.29. The highest BCUT2D eigenvalue weighted by molar-refractivity contribution is 7.91. The molecule has 1 atom stereocenters. The number of nitrogen functional groups attached to an aromatic ring is 1. The summed E-state index contributed by atoms with van der Waals surface area (Å²) in [4.78, 5) is 0. The van der Waals surface area contributed by atoms with Gasteiger partial charge in [-0.15, -0.1) is 12.4 Å². The molecule has 19 heavy (non-hydrogen) atoms. The maximum Gasteiger partial charge on any atom is 0.165 e. The van der Waals surface area contributed by atoms with Crippen LogP contribution in [-0.2, 0) is 9.84 Å². The molecule has 2 rings (SSSR count). The molecule has 1 aliphatic heterocycles. The van der Waals surface area contributed by atoms with Crippen molar-refractivity contribution in [2.24, 2.45) is 5.73 Å². The van der Waals surface area contributed by atoms with Gasteiger partial charge in [0.2, 0.25) is 0 Å². The Morgan fingerprint density at radius 3 is 2.63 bits per heavy atom. The summed E-state index contributed by atoms with van der Waals surface area (Å²) < 4.78 is 41.4. The van der Waals surface area contributed by atoms with Crippen molar-refractivity contribution >= 4 is 28.1 Å². The molecule has 1 heterocycles. The van der Waals surface area contributed by atoms with Gasteiger partial charge < -0.3 is 10.5 Å². The van der Waals surface area contributed by atoms with E-state index >= 15 is 0 Å². The lowest BCUT2D eigenvalue weighted by Crippen LogP contribution is -2.18. The number of rotatable bonds is 3. The van der Waals surface area contributed by atoms with Gasteiger partial charge in [0.05, 0.1) is 11.5 Å². The zero-order chi connectivity index (χ0) is 13.3. The Morgan fingerprint density at radius 2 is 2.16 bits per heavy atom. The minimum atomic E-state index is -3.05. The number of hydrogen-bond acceptors (Lipinski definition) is 4. The number of hydrogen-bond donors (Lipinski definition) is 2. The molecule has 0 saturated carbocycles. The second kappa shape index (κ2) is 5.75. The standard InChI is InChI=1S/C11H13FN2O3S.ClH/c12-9-5-7(11(13)14)1-2-10(9)17-8-3-4-18(15,16)6-8;/h1-2,5,8H,3-4,6H2,(H3,13,14);1H. The van der Waals surface area contributed by atoms with E-state index in [1.165, 1.54) is 12.1 Å². The van der Waals surface area contributed by atoms with Gasteiger partial charge in [-0.25, -0.2) is 12.8 Å². The molecule has 8 heteroatoms. The maximum atomic E-state index is 13.6. The molecule has 3 N–H and O–H groups in total. The Kier molecular flexibility index (Phi) is 4.75. The van der Waals surface area contributed by atoms with E-state index in [2.05, 4.69) is 0 Å². The first-order valence-corrected chi connectivity index (χ1v) is 7.20. The van der Waals surface area contributed by atoms with Crippen molar-refractivity contribution in [3.8, 4) is 5.75 Å². The summed E-state index contributed by atoms with van der Waals surface area (Å²) >= 11 is 0. The number of amidine groups is 1. The van der Waals surface area contributed by atoms with Crippen LogP contribution in [0.5, 0.6) is 5.75 Å². The Morgan fingerprint density at radius 1 is 1.47 bits per heavy atom. The average molecular weight is 309 g/mol. The van der Waals surface area contributed by atoms with Crippen LogP contribution in [-0.4, -0.2) is 31.9 Å². The van der Waals surface area contributed by atoms with E-state index in [0.717, 1.165) is 6.07 Å². The smallest absolute Gasteiger partial charge is 0.165 e. The molecule has 1 unspecified atom stereocenters. The van der Waals surface area contributed by atoms with Gasteiger partial charge in [-0.05, 0) is 24.6 Å². The average Bonchev–Trinajstić information content (AvgIpc) is 2.61. The Balaban J connectivity index is 0.00000180. The molecular weight excluding hydrogens is 295 g/mol. The third kappa shape index (κ3) is 3.81. The number of nitrogens with two attached hydrogens (primary N) is 1. The Hall–Kier alpha value is -1.34. The first-order chi connectivity index (χ1) is 8.37. The highest BCUT2D eigenvalue weighted by atomic mass is 35.5. The molecule has 1 fully saturated rings. The maximum absolute atomic E-state index is 13.6. The topological polar surface area (TPSA) is 93.2 Å². The molecule has 1 aliphatic rings. The van der Waals surface area contributed by atoms with Gasteiger partial charge >= 0.3 is 0 Å². The fourth-order valence-electron chi connectivity index (χ4n) is 1.80. The summed E-state index contributed by atoms with van der Waals surface area (Å²) in [6, 6.07) is 3.92. The summed E-state index contributed by atoms with van der Waals surface area (Å²) in [5.74, 6) is -0.899. The van der Waals surface area contributed by atoms with Crippen LogP contribution in [0.15, 0.2) is 18.2 Å². The zero-order valence-corrected chi connectivity index (χ0v) is 11.6. The first kappa shape index (κ1) is 15.7. The summed E-state index contributed by atoms with van der Waals surface area (Å²) in [5.41, 5.74) is 5.49. The summed E-state index contributed by atoms with van der Waals surface area (Å²) in [5, 5.41) is 7.17. The molecule has 0 amide bonds. The third-order valence-corrected chi connectivity index (χ3v) is 4.46. The predicted octanol–water partition coefficient (Wildman–Crippen LogP) is 1.10. The van der Waals surface area contributed by atoms with Crippen LogP contribution in [0.1, 0.15) is 12.0 Å². The van der Waals surface area contributed by atoms with Crippen molar-refractivity contribution in [1.29, 1.82) is 5.41 Å². The molecule has 0 spiro atoms. The lowest BCUT2D eigenvalue weighted by molar-refractivity contribution is 0.218. The van der Waals surface area contributed by atoms with E-state index in [4.69, 9.17) is 15.9 Å². The molecular formula is C11H14ClFN2O3S. The molecule has 1 aromatic carbocycles. The van der Waals surface area contributed by atoms with E-state index in [1.54, 1.807) is 0 Å². The highest BCUT2D eigenvalue weighted by Crippen LogP contribution is 2.23. The quantitative estimate of drug-likeness (QED) is 0.646. The van der Waals surface area contributed by atoms with Gasteiger partial charge in [0.25, 0.3) is 0 Å². The molecule has 106 valence electrons. The van der Waals surface area contributed by atoms with Crippen LogP contribution >= 0.6 is 12.4 Å². The molecule has 5 nitrogen and oxygen atoms in total. The number of sulfone groups is 1. The summed E-state index contributed by atoms with van der Waals surface area (Å²) in [6.45, 7) is 0. The molecule has 1 saturated heterocycles. The van der Waals surface area contributed by atoms with Crippen molar-refractivity contribution in [3.05, 3.63) is 29.6 Å². The second-order valence-corrected chi connectivity index (χ2v) is 6.43. The lowest BCUT2D eigenvalue weighted by atomic mass is 10.2.